The highest BCUT2D eigenvalue weighted by Crippen LogP contribution is 2.36. The first-order valence-corrected chi connectivity index (χ1v) is 7.29. The van der Waals surface area contributed by atoms with Crippen molar-refractivity contribution in [2.45, 2.75) is 31.8 Å². The highest BCUT2D eigenvalue weighted by molar-refractivity contribution is 5.59. The molecule has 2 N–H and O–H groups in total. The van der Waals surface area contributed by atoms with Crippen molar-refractivity contribution in [3.8, 4) is 0 Å². The summed E-state index contributed by atoms with van der Waals surface area (Å²) in [6, 6.07) is 8.96. The van der Waals surface area contributed by atoms with E-state index in [1.54, 1.807) is 0 Å². The first-order valence-electron chi connectivity index (χ1n) is 7.29. The third kappa shape index (κ3) is 2.20. The van der Waals surface area contributed by atoms with Crippen molar-refractivity contribution in [3.63, 3.8) is 0 Å². The summed E-state index contributed by atoms with van der Waals surface area (Å²) in [6.07, 6.45) is 6.09. The van der Waals surface area contributed by atoms with Crippen LogP contribution >= 0.6 is 0 Å². The Morgan fingerprint density at radius 1 is 1.35 bits per heavy atom. The van der Waals surface area contributed by atoms with Crippen LogP contribution in [-0.4, -0.2) is 22.4 Å². The van der Waals surface area contributed by atoms with E-state index in [-0.39, 0.29) is 12.1 Å². The van der Waals surface area contributed by atoms with Gasteiger partial charge in [-0.2, -0.15) is 5.10 Å². The van der Waals surface area contributed by atoms with Crippen molar-refractivity contribution in [1.82, 2.24) is 9.78 Å². The SMILES string of the molecule is CCC(N)C(c1cnn(C)c1)N1CCc2ccccc21. The van der Waals surface area contributed by atoms with Crippen molar-refractivity contribution < 1.29 is 0 Å². The average molecular weight is 270 g/mol. The molecule has 0 bridgehead atoms. The van der Waals surface area contributed by atoms with Crippen LogP contribution in [0.2, 0.25) is 0 Å². The number of aryl methyl sites for hydroxylation is 1. The van der Waals surface area contributed by atoms with Crippen LogP contribution in [0.25, 0.3) is 0 Å². The number of fused-ring (bicyclic) bond motifs is 1. The lowest BCUT2D eigenvalue weighted by Gasteiger charge is -2.33. The van der Waals surface area contributed by atoms with Gasteiger partial charge in [0.05, 0.1) is 12.2 Å². The van der Waals surface area contributed by atoms with Gasteiger partial charge in [-0.05, 0) is 24.5 Å². The van der Waals surface area contributed by atoms with E-state index in [4.69, 9.17) is 5.73 Å². The fourth-order valence-corrected chi connectivity index (χ4v) is 3.13. The van der Waals surface area contributed by atoms with Gasteiger partial charge in [-0.15, -0.1) is 0 Å². The van der Waals surface area contributed by atoms with E-state index in [0.717, 1.165) is 19.4 Å². The Morgan fingerprint density at radius 3 is 2.85 bits per heavy atom. The summed E-state index contributed by atoms with van der Waals surface area (Å²) >= 11 is 0. The summed E-state index contributed by atoms with van der Waals surface area (Å²) < 4.78 is 1.85. The van der Waals surface area contributed by atoms with Crippen LogP contribution in [0.5, 0.6) is 0 Å². The van der Waals surface area contributed by atoms with Crippen LogP contribution in [0.3, 0.4) is 0 Å². The Hall–Kier alpha value is -1.81. The quantitative estimate of drug-likeness (QED) is 0.927. The minimum atomic E-state index is 0.116. The van der Waals surface area contributed by atoms with Gasteiger partial charge in [-0.1, -0.05) is 25.1 Å². The van der Waals surface area contributed by atoms with Gasteiger partial charge in [0.2, 0.25) is 0 Å². The van der Waals surface area contributed by atoms with Crippen molar-refractivity contribution in [2.24, 2.45) is 12.8 Å². The maximum absolute atomic E-state index is 6.42. The van der Waals surface area contributed by atoms with E-state index in [1.165, 1.54) is 16.8 Å². The van der Waals surface area contributed by atoms with Crippen molar-refractivity contribution in [1.29, 1.82) is 0 Å². The number of anilines is 1. The van der Waals surface area contributed by atoms with Gasteiger partial charge in [0, 0.05) is 37.1 Å². The lowest BCUT2D eigenvalue weighted by molar-refractivity contribution is 0.497. The molecule has 1 aliphatic rings. The first-order chi connectivity index (χ1) is 9.70. The smallest absolute Gasteiger partial charge is 0.0724 e. The average Bonchev–Trinajstić information content (AvgIpc) is 3.07. The maximum Gasteiger partial charge on any atom is 0.0724 e. The van der Waals surface area contributed by atoms with Gasteiger partial charge in [-0.25, -0.2) is 0 Å². The standard InChI is InChI=1S/C16H22N4/c1-3-14(17)16(13-10-18-19(2)11-13)20-9-8-12-6-4-5-7-15(12)20/h4-7,10-11,14,16H,3,8-9,17H2,1-2H3. The van der Waals surface area contributed by atoms with Gasteiger partial charge >= 0.3 is 0 Å². The van der Waals surface area contributed by atoms with Crippen LogP contribution < -0.4 is 10.6 Å². The molecule has 3 rings (SSSR count). The molecule has 4 nitrogen and oxygen atoms in total. The summed E-state index contributed by atoms with van der Waals surface area (Å²) in [5, 5.41) is 4.32. The summed E-state index contributed by atoms with van der Waals surface area (Å²) in [6.45, 7) is 3.18. The summed E-state index contributed by atoms with van der Waals surface area (Å²) in [4.78, 5) is 2.44. The summed E-state index contributed by atoms with van der Waals surface area (Å²) in [5.74, 6) is 0. The number of para-hydroxylation sites is 1. The minimum Gasteiger partial charge on any atom is -0.362 e. The first kappa shape index (κ1) is 13.2. The second-order valence-electron chi connectivity index (χ2n) is 5.54. The van der Waals surface area contributed by atoms with E-state index < -0.39 is 0 Å². The zero-order valence-electron chi connectivity index (χ0n) is 12.2. The molecule has 20 heavy (non-hydrogen) atoms. The molecule has 4 heteroatoms. The molecule has 0 aliphatic carbocycles. The van der Waals surface area contributed by atoms with Crippen LogP contribution in [-0.2, 0) is 13.5 Å². The fraction of sp³-hybridized carbons (Fsp3) is 0.438. The fourth-order valence-electron chi connectivity index (χ4n) is 3.13. The second kappa shape index (κ2) is 5.29. The Kier molecular flexibility index (Phi) is 3.49. The van der Waals surface area contributed by atoms with Gasteiger partial charge < -0.3 is 10.6 Å². The molecule has 0 fully saturated rings. The Labute approximate surface area is 120 Å². The third-order valence-electron chi connectivity index (χ3n) is 4.20. The van der Waals surface area contributed by atoms with Gasteiger partial charge in [0.15, 0.2) is 0 Å². The zero-order valence-corrected chi connectivity index (χ0v) is 12.2. The molecular weight excluding hydrogens is 248 g/mol. The van der Waals surface area contributed by atoms with Gasteiger partial charge in [0.1, 0.15) is 0 Å². The molecule has 106 valence electrons. The van der Waals surface area contributed by atoms with Crippen LogP contribution in [0.15, 0.2) is 36.7 Å². The molecule has 0 saturated heterocycles. The molecule has 2 aromatic rings. The van der Waals surface area contributed by atoms with Crippen molar-refractivity contribution in [2.75, 3.05) is 11.4 Å². The molecule has 0 spiro atoms. The molecule has 1 aromatic heterocycles. The number of hydrogen-bond donors (Lipinski definition) is 1. The zero-order chi connectivity index (χ0) is 14.1. The Bertz CT molecular complexity index is 590. The maximum atomic E-state index is 6.42. The highest BCUT2D eigenvalue weighted by atomic mass is 15.3. The van der Waals surface area contributed by atoms with E-state index in [2.05, 4.69) is 47.4 Å². The molecule has 1 aliphatic heterocycles. The molecule has 0 amide bonds. The van der Waals surface area contributed by atoms with E-state index in [1.807, 2.05) is 17.9 Å². The molecule has 0 radical (unpaired) electrons. The van der Waals surface area contributed by atoms with Crippen molar-refractivity contribution >= 4 is 5.69 Å². The highest BCUT2D eigenvalue weighted by Gasteiger charge is 2.31. The Balaban J connectivity index is 1.99. The third-order valence-corrected chi connectivity index (χ3v) is 4.20. The van der Waals surface area contributed by atoms with Crippen molar-refractivity contribution in [3.05, 3.63) is 47.8 Å². The molecule has 2 unspecified atom stereocenters. The van der Waals surface area contributed by atoms with E-state index in [9.17, 15) is 0 Å². The van der Waals surface area contributed by atoms with E-state index >= 15 is 0 Å². The number of aromatic nitrogens is 2. The van der Waals surface area contributed by atoms with Gasteiger partial charge in [0.25, 0.3) is 0 Å². The summed E-state index contributed by atoms with van der Waals surface area (Å²) in [5.41, 5.74) is 10.4. The van der Waals surface area contributed by atoms with Crippen LogP contribution in [0.4, 0.5) is 5.69 Å². The molecule has 0 saturated carbocycles. The molecule has 1 aromatic carbocycles. The predicted octanol–water partition coefficient (Wildman–Crippen LogP) is 2.26. The number of hydrogen-bond acceptors (Lipinski definition) is 3. The van der Waals surface area contributed by atoms with Crippen LogP contribution in [0.1, 0.15) is 30.5 Å². The predicted molar refractivity (Wildman–Crippen MR) is 81.7 cm³/mol. The molecular formula is C16H22N4. The number of benzene rings is 1. The molecule has 2 atom stereocenters. The van der Waals surface area contributed by atoms with Crippen LogP contribution in [0, 0.1) is 0 Å². The topological polar surface area (TPSA) is 47.1 Å². The number of nitrogens with two attached hydrogens (primary N) is 1. The van der Waals surface area contributed by atoms with Gasteiger partial charge in [-0.3, -0.25) is 4.68 Å². The summed E-state index contributed by atoms with van der Waals surface area (Å²) in [7, 11) is 1.95. The Morgan fingerprint density at radius 2 is 2.15 bits per heavy atom. The number of nitrogens with zero attached hydrogens (tertiary/aromatic N) is 3. The number of rotatable bonds is 4. The largest absolute Gasteiger partial charge is 0.362 e. The second-order valence-corrected chi connectivity index (χ2v) is 5.54. The monoisotopic (exact) mass is 270 g/mol. The van der Waals surface area contributed by atoms with E-state index in [0.29, 0.717) is 0 Å². The minimum absolute atomic E-state index is 0.116. The lowest BCUT2D eigenvalue weighted by atomic mass is 9.99. The molecule has 2 heterocycles. The normalized spacial score (nSPS) is 17.1. The lowest BCUT2D eigenvalue weighted by Crippen LogP contribution is -2.40.